The SMILES string of the molecule is CN1CCC[C@H]1COc1nc2c(c(N3CCN(C(=O)OCc4ccccc4)[C@@H](CC#N)C3)c1C#N)CCNC2. The monoisotopic (exact) mass is 529 g/mol. The van der Waals surface area contributed by atoms with E-state index in [1.807, 2.05) is 30.3 Å². The van der Waals surface area contributed by atoms with Crippen LogP contribution in [0, 0.1) is 22.7 Å². The number of likely N-dealkylation sites (tertiary alicyclic amines) is 1. The van der Waals surface area contributed by atoms with Gasteiger partial charge in [-0.25, -0.2) is 9.78 Å². The first-order valence-corrected chi connectivity index (χ1v) is 13.7. The molecule has 1 amide bonds. The van der Waals surface area contributed by atoms with E-state index in [2.05, 4.69) is 34.3 Å². The number of aromatic nitrogens is 1. The van der Waals surface area contributed by atoms with Crippen molar-refractivity contribution in [2.24, 2.45) is 0 Å². The molecule has 0 aliphatic carbocycles. The number of fused-ring (bicyclic) bond motifs is 1. The van der Waals surface area contributed by atoms with Gasteiger partial charge in [0.2, 0.25) is 5.88 Å². The summed E-state index contributed by atoms with van der Waals surface area (Å²) in [6.07, 6.45) is 2.70. The van der Waals surface area contributed by atoms with E-state index in [9.17, 15) is 15.3 Å². The summed E-state index contributed by atoms with van der Waals surface area (Å²) >= 11 is 0. The van der Waals surface area contributed by atoms with Crippen LogP contribution in [0.4, 0.5) is 10.5 Å². The third-order valence-corrected chi connectivity index (χ3v) is 7.93. The molecular weight excluding hydrogens is 494 g/mol. The number of carbonyl (C=O) groups is 1. The molecule has 204 valence electrons. The number of nitriles is 2. The van der Waals surface area contributed by atoms with Crippen molar-refractivity contribution < 1.29 is 14.3 Å². The van der Waals surface area contributed by atoms with Gasteiger partial charge < -0.3 is 29.5 Å². The Bertz CT molecular complexity index is 1260. The molecule has 10 heteroatoms. The molecule has 0 bridgehead atoms. The summed E-state index contributed by atoms with van der Waals surface area (Å²) in [5, 5.41) is 23.3. The highest BCUT2D eigenvalue weighted by Crippen LogP contribution is 2.36. The molecule has 3 aliphatic heterocycles. The van der Waals surface area contributed by atoms with Gasteiger partial charge in [0, 0.05) is 37.8 Å². The highest BCUT2D eigenvalue weighted by molar-refractivity contribution is 5.72. The van der Waals surface area contributed by atoms with Gasteiger partial charge in [-0.15, -0.1) is 0 Å². The van der Waals surface area contributed by atoms with E-state index in [1.54, 1.807) is 4.90 Å². The second kappa shape index (κ2) is 12.3. The van der Waals surface area contributed by atoms with Gasteiger partial charge in [0.25, 0.3) is 0 Å². The normalized spacial score (nSPS) is 21.1. The topological polar surface area (TPSA) is 118 Å². The smallest absolute Gasteiger partial charge is 0.410 e. The number of anilines is 1. The molecule has 5 rings (SSSR count). The molecule has 10 nitrogen and oxygen atoms in total. The van der Waals surface area contributed by atoms with E-state index in [0.29, 0.717) is 50.3 Å². The maximum absolute atomic E-state index is 13.0. The lowest BCUT2D eigenvalue weighted by Gasteiger charge is -2.42. The predicted molar refractivity (Wildman–Crippen MR) is 145 cm³/mol. The van der Waals surface area contributed by atoms with E-state index >= 15 is 0 Å². The van der Waals surface area contributed by atoms with Crippen LogP contribution in [-0.2, 0) is 24.3 Å². The van der Waals surface area contributed by atoms with E-state index < -0.39 is 6.09 Å². The van der Waals surface area contributed by atoms with Crippen molar-refractivity contribution >= 4 is 11.8 Å². The Morgan fingerprint density at radius 1 is 1.18 bits per heavy atom. The summed E-state index contributed by atoms with van der Waals surface area (Å²) in [6.45, 7) is 4.46. The number of carbonyl (C=O) groups excluding carboxylic acids is 1. The Balaban J connectivity index is 1.37. The number of nitrogens with zero attached hydrogens (tertiary/aromatic N) is 6. The zero-order chi connectivity index (χ0) is 27.2. The Hall–Kier alpha value is -3.86. The molecule has 1 aromatic carbocycles. The maximum Gasteiger partial charge on any atom is 0.410 e. The Morgan fingerprint density at radius 3 is 2.77 bits per heavy atom. The summed E-state index contributed by atoms with van der Waals surface area (Å²) < 4.78 is 11.8. The average Bonchev–Trinajstić information content (AvgIpc) is 3.39. The second-order valence-corrected chi connectivity index (χ2v) is 10.4. The summed E-state index contributed by atoms with van der Waals surface area (Å²) in [6, 6.07) is 14.1. The average molecular weight is 530 g/mol. The van der Waals surface area contributed by atoms with Gasteiger partial charge in [-0.1, -0.05) is 30.3 Å². The molecule has 0 spiro atoms. The van der Waals surface area contributed by atoms with Gasteiger partial charge in [0.1, 0.15) is 24.8 Å². The number of likely N-dealkylation sites (N-methyl/N-ethyl adjacent to an activating group) is 1. The van der Waals surface area contributed by atoms with Gasteiger partial charge in [-0.05, 0) is 45.0 Å². The van der Waals surface area contributed by atoms with Crippen LogP contribution < -0.4 is 15.0 Å². The molecule has 0 saturated carbocycles. The number of ether oxygens (including phenoxy) is 2. The third kappa shape index (κ3) is 5.93. The summed E-state index contributed by atoms with van der Waals surface area (Å²) in [7, 11) is 2.10. The number of piperazine rings is 1. The zero-order valence-corrected chi connectivity index (χ0v) is 22.4. The molecule has 1 N–H and O–H groups in total. The van der Waals surface area contributed by atoms with Gasteiger partial charge >= 0.3 is 6.09 Å². The van der Waals surface area contributed by atoms with Crippen molar-refractivity contribution in [3.8, 4) is 18.0 Å². The third-order valence-electron chi connectivity index (χ3n) is 7.93. The Labute approximate surface area is 229 Å². The van der Waals surface area contributed by atoms with Gasteiger partial charge in [-0.2, -0.15) is 10.5 Å². The molecule has 3 aliphatic rings. The second-order valence-electron chi connectivity index (χ2n) is 10.4. The minimum atomic E-state index is -0.426. The van der Waals surface area contributed by atoms with Crippen molar-refractivity contribution in [3.05, 3.63) is 52.7 Å². The number of benzene rings is 1. The lowest BCUT2D eigenvalue weighted by atomic mass is 9.98. The molecule has 2 fully saturated rings. The molecular formula is C29H35N7O3. The van der Waals surface area contributed by atoms with Crippen molar-refractivity contribution in [1.29, 1.82) is 10.5 Å². The number of hydrogen-bond acceptors (Lipinski definition) is 9. The Kier molecular flexibility index (Phi) is 8.45. The van der Waals surface area contributed by atoms with Crippen LogP contribution in [0.3, 0.4) is 0 Å². The van der Waals surface area contributed by atoms with Crippen molar-refractivity contribution in [2.45, 2.75) is 50.9 Å². The van der Waals surface area contributed by atoms with Crippen molar-refractivity contribution in [1.82, 2.24) is 20.1 Å². The van der Waals surface area contributed by atoms with Crippen LogP contribution >= 0.6 is 0 Å². The van der Waals surface area contributed by atoms with Crippen molar-refractivity contribution in [3.63, 3.8) is 0 Å². The maximum atomic E-state index is 13.0. The molecule has 4 heterocycles. The fourth-order valence-corrected chi connectivity index (χ4v) is 5.76. The highest BCUT2D eigenvalue weighted by Gasteiger charge is 2.35. The molecule has 2 atom stereocenters. The summed E-state index contributed by atoms with van der Waals surface area (Å²) in [5.74, 6) is 0.372. The van der Waals surface area contributed by atoms with Gasteiger partial charge in [-0.3, -0.25) is 0 Å². The van der Waals surface area contributed by atoms with Gasteiger partial charge in [0.05, 0.1) is 29.9 Å². The lowest BCUT2D eigenvalue weighted by molar-refractivity contribution is 0.0768. The molecule has 39 heavy (non-hydrogen) atoms. The van der Waals surface area contributed by atoms with Crippen LogP contribution in [0.5, 0.6) is 5.88 Å². The molecule has 0 radical (unpaired) electrons. The summed E-state index contributed by atoms with van der Waals surface area (Å²) in [4.78, 5) is 23.9. The fraction of sp³-hybridized carbons (Fsp3) is 0.517. The van der Waals surface area contributed by atoms with Gasteiger partial charge in [0.15, 0.2) is 0 Å². The van der Waals surface area contributed by atoms with Crippen LogP contribution in [0.2, 0.25) is 0 Å². The van der Waals surface area contributed by atoms with E-state index in [1.165, 1.54) is 0 Å². The first-order valence-electron chi connectivity index (χ1n) is 13.7. The number of rotatable bonds is 7. The lowest BCUT2D eigenvalue weighted by Crippen LogP contribution is -2.55. The fourth-order valence-electron chi connectivity index (χ4n) is 5.76. The van der Waals surface area contributed by atoms with E-state index in [-0.39, 0.29) is 19.1 Å². The minimum Gasteiger partial charge on any atom is -0.475 e. The van der Waals surface area contributed by atoms with Crippen LogP contribution in [0.25, 0.3) is 0 Å². The standard InChI is InChI=1S/C29H35N7O3/c1-34-13-5-8-23(34)20-38-28-25(16-31)27(24-10-12-32-17-26(24)33-28)35-14-15-36(22(18-35)9-11-30)29(37)39-19-21-6-3-2-4-7-21/h2-4,6-7,22-23,32H,5,8-10,12-15,17-20H2,1H3/t22-,23-/m0/s1. The number of amides is 1. The quantitative estimate of drug-likeness (QED) is 0.578. The molecule has 2 saturated heterocycles. The Morgan fingerprint density at radius 2 is 2.03 bits per heavy atom. The number of hydrogen-bond donors (Lipinski definition) is 1. The van der Waals surface area contributed by atoms with Crippen molar-refractivity contribution in [2.75, 3.05) is 51.3 Å². The molecule has 0 unspecified atom stereocenters. The first-order chi connectivity index (χ1) is 19.1. The molecule has 1 aromatic heterocycles. The van der Waals surface area contributed by atoms with Crippen LogP contribution in [0.1, 0.15) is 41.6 Å². The highest BCUT2D eigenvalue weighted by atomic mass is 16.6. The summed E-state index contributed by atoms with van der Waals surface area (Å²) in [5.41, 5.74) is 4.12. The van der Waals surface area contributed by atoms with Crippen LogP contribution in [-0.4, -0.2) is 79.3 Å². The first kappa shape index (κ1) is 26.7. The predicted octanol–water partition coefficient (Wildman–Crippen LogP) is 2.81. The zero-order valence-electron chi connectivity index (χ0n) is 22.4. The van der Waals surface area contributed by atoms with E-state index in [4.69, 9.17) is 14.5 Å². The van der Waals surface area contributed by atoms with Crippen LogP contribution in [0.15, 0.2) is 30.3 Å². The minimum absolute atomic E-state index is 0.172. The number of pyridine rings is 1. The molecule has 2 aromatic rings. The number of nitrogens with one attached hydrogen (secondary N) is 1. The largest absolute Gasteiger partial charge is 0.475 e. The van der Waals surface area contributed by atoms with E-state index in [0.717, 1.165) is 54.9 Å².